The Hall–Kier alpha value is -8.20. The normalized spacial score (nSPS) is 16.1. The molecule has 1 heterocycles. The maximum Gasteiger partial charge on any atom is 0.0713 e. The monoisotopic (exact) mass is 924 g/mol. The van der Waals surface area contributed by atoms with Crippen molar-refractivity contribution in [3.05, 3.63) is 286 Å². The van der Waals surface area contributed by atoms with Crippen LogP contribution < -0.4 is 9.80 Å². The summed E-state index contributed by atoms with van der Waals surface area (Å²) in [5.74, 6) is 0. The van der Waals surface area contributed by atoms with Gasteiger partial charge in [0.15, 0.2) is 0 Å². The first kappa shape index (κ1) is 42.7. The highest BCUT2D eigenvalue weighted by Crippen LogP contribution is 2.60. The number of hydrogen-bond donors (Lipinski definition) is 0. The molecule has 3 aliphatic carbocycles. The van der Waals surface area contributed by atoms with Gasteiger partial charge < -0.3 is 9.80 Å². The quantitative estimate of drug-likeness (QED) is 0.164. The Bertz CT molecular complexity index is 3700. The Morgan fingerprint density at radius 1 is 0.278 bits per heavy atom. The Balaban J connectivity index is 1.00. The van der Waals surface area contributed by atoms with Gasteiger partial charge in [-0.15, -0.1) is 0 Å². The zero-order chi connectivity index (χ0) is 48.7. The van der Waals surface area contributed by atoms with Crippen molar-refractivity contribution in [1.82, 2.24) is 0 Å². The first-order chi connectivity index (χ1) is 35.0. The largest absolute Gasteiger partial charge is 0.310 e. The van der Waals surface area contributed by atoms with Crippen molar-refractivity contribution in [2.24, 2.45) is 0 Å². The van der Waals surface area contributed by atoms with Crippen molar-refractivity contribution >= 4 is 34.1 Å². The van der Waals surface area contributed by atoms with Crippen molar-refractivity contribution in [2.75, 3.05) is 9.80 Å². The molecule has 1 aliphatic heterocycles. The highest BCUT2D eigenvalue weighted by atomic mass is 15.2. The van der Waals surface area contributed by atoms with E-state index in [9.17, 15) is 0 Å². The second-order valence-corrected chi connectivity index (χ2v) is 22.1. The number of para-hydroxylation sites is 1. The van der Waals surface area contributed by atoms with Crippen LogP contribution in [0.1, 0.15) is 97.2 Å². The Morgan fingerprint density at radius 3 is 1.18 bits per heavy atom. The maximum atomic E-state index is 2.56. The zero-order valence-corrected chi connectivity index (χ0v) is 41.8. The van der Waals surface area contributed by atoms with Crippen molar-refractivity contribution in [3.63, 3.8) is 0 Å². The van der Waals surface area contributed by atoms with Gasteiger partial charge in [-0.05, 0) is 150 Å². The summed E-state index contributed by atoms with van der Waals surface area (Å²) >= 11 is 0. The van der Waals surface area contributed by atoms with Crippen LogP contribution in [0.3, 0.4) is 0 Å². The molecule has 2 heteroatoms. The van der Waals surface area contributed by atoms with Gasteiger partial charge in [0, 0.05) is 39.0 Å². The standard InChI is InChI=1S/C70H56N2/c1-67(2)57-29-17-13-27-53(57)55-42-48(34-37-59(55)67)71(49-35-38-60-56(43-49)54-28-14-18-30-58(54)68(60,3)4)50-36-40-66-64(44-50)69(5,6)63-41-46(33-39-65(63)72(66)47-23-11-8-12-24-47)70(45-21-9-7-10-22-45)61-31-19-15-25-51(61)52-26-16-20-32-62(52)70/h7-44H,1-6H3. The molecule has 0 atom stereocenters. The number of benzene rings is 10. The highest BCUT2D eigenvalue weighted by Gasteiger charge is 2.48. The predicted octanol–water partition coefficient (Wildman–Crippen LogP) is 18.2. The van der Waals surface area contributed by atoms with E-state index < -0.39 is 10.8 Å². The van der Waals surface area contributed by atoms with E-state index in [2.05, 4.69) is 282 Å². The molecule has 0 aromatic heterocycles. The van der Waals surface area contributed by atoms with Crippen molar-refractivity contribution < 1.29 is 0 Å². The molecule has 72 heavy (non-hydrogen) atoms. The number of hydrogen-bond acceptors (Lipinski definition) is 2. The molecule has 0 amide bonds. The van der Waals surface area contributed by atoms with Crippen LogP contribution in [0.25, 0.3) is 33.4 Å². The zero-order valence-electron chi connectivity index (χ0n) is 41.8. The molecule has 0 saturated carbocycles. The van der Waals surface area contributed by atoms with Gasteiger partial charge in [-0.25, -0.2) is 0 Å². The van der Waals surface area contributed by atoms with E-state index in [-0.39, 0.29) is 10.8 Å². The molecule has 0 bridgehead atoms. The van der Waals surface area contributed by atoms with E-state index in [1.807, 2.05) is 0 Å². The molecule has 0 radical (unpaired) electrons. The fourth-order valence-corrected chi connectivity index (χ4v) is 13.8. The molecule has 10 aromatic rings. The van der Waals surface area contributed by atoms with Crippen LogP contribution in [0.15, 0.2) is 231 Å². The van der Waals surface area contributed by atoms with Crippen molar-refractivity contribution in [3.8, 4) is 33.4 Å². The number of anilines is 6. The van der Waals surface area contributed by atoms with Crippen LogP contribution in [-0.4, -0.2) is 0 Å². The summed E-state index contributed by atoms with van der Waals surface area (Å²) < 4.78 is 0. The van der Waals surface area contributed by atoms with Gasteiger partial charge in [-0.1, -0.05) is 211 Å². The lowest BCUT2D eigenvalue weighted by Gasteiger charge is -2.44. The first-order valence-corrected chi connectivity index (χ1v) is 25.7. The van der Waals surface area contributed by atoms with E-state index in [0.29, 0.717) is 0 Å². The summed E-state index contributed by atoms with van der Waals surface area (Å²) in [4.78, 5) is 5.02. The molecule has 0 fully saturated rings. The Morgan fingerprint density at radius 2 is 0.653 bits per heavy atom. The molecule has 346 valence electrons. The van der Waals surface area contributed by atoms with Crippen LogP contribution in [0.2, 0.25) is 0 Å². The molecule has 0 spiro atoms. The van der Waals surface area contributed by atoms with E-state index in [0.717, 1.165) is 22.7 Å². The van der Waals surface area contributed by atoms with Crippen LogP contribution in [0.5, 0.6) is 0 Å². The lowest BCUT2D eigenvalue weighted by molar-refractivity contribution is 0.627. The van der Waals surface area contributed by atoms with Gasteiger partial charge in [0.1, 0.15) is 0 Å². The van der Waals surface area contributed by atoms with Crippen molar-refractivity contribution in [2.45, 2.75) is 63.2 Å². The van der Waals surface area contributed by atoms with E-state index in [1.165, 1.54) is 100 Å². The van der Waals surface area contributed by atoms with Gasteiger partial charge in [0.05, 0.1) is 16.8 Å². The third kappa shape index (κ3) is 5.72. The van der Waals surface area contributed by atoms with Gasteiger partial charge in [-0.2, -0.15) is 0 Å². The minimum Gasteiger partial charge on any atom is -0.310 e. The highest BCUT2D eigenvalue weighted by molar-refractivity contribution is 5.93. The third-order valence-electron chi connectivity index (χ3n) is 17.3. The van der Waals surface area contributed by atoms with Crippen LogP contribution in [0.4, 0.5) is 34.1 Å². The summed E-state index contributed by atoms with van der Waals surface area (Å²) in [5, 5.41) is 0. The second-order valence-electron chi connectivity index (χ2n) is 22.1. The smallest absolute Gasteiger partial charge is 0.0713 e. The van der Waals surface area contributed by atoms with Crippen LogP contribution in [0, 0.1) is 0 Å². The lowest BCUT2D eigenvalue weighted by atomic mass is 9.65. The summed E-state index contributed by atoms with van der Waals surface area (Å²) in [7, 11) is 0. The summed E-state index contributed by atoms with van der Waals surface area (Å²) in [6.07, 6.45) is 0. The van der Waals surface area contributed by atoms with E-state index in [4.69, 9.17) is 0 Å². The molecular formula is C70H56N2. The molecule has 10 aromatic carbocycles. The predicted molar refractivity (Wildman–Crippen MR) is 300 cm³/mol. The molecule has 0 saturated heterocycles. The third-order valence-corrected chi connectivity index (χ3v) is 17.3. The molecule has 2 nitrogen and oxygen atoms in total. The molecule has 14 rings (SSSR count). The minimum absolute atomic E-state index is 0.0944. The maximum absolute atomic E-state index is 2.56. The number of fused-ring (bicyclic) bond motifs is 11. The molecular weight excluding hydrogens is 869 g/mol. The summed E-state index contributed by atoms with van der Waals surface area (Å²) in [6, 6.07) is 87.3. The first-order valence-electron chi connectivity index (χ1n) is 25.7. The minimum atomic E-state index is -0.516. The van der Waals surface area contributed by atoms with Crippen LogP contribution in [-0.2, 0) is 21.7 Å². The average molecular weight is 925 g/mol. The van der Waals surface area contributed by atoms with Crippen molar-refractivity contribution in [1.29, 1.82) is 0 Å². The lowest BCUT2D eigenvalue weighted by Crippen LogP contribution is -2.33. The Labute approximate surface area is 424 Å². The van der Waals surface area contributed by atoms with E-state index >= 15 is 0 Å². The molecule has 0 unspecified atom stereocenters. The van der Waals surface area contributed by atoms with Gasteiger partial charge in [0.25, 0.3) is 0 Å². The number of nitrogens with zero attached hydrogens (tertiary/aromatic N) is 2. The summed E-state index contributed by atoms with van der Waals surface area (Å²) in [5.41, 5.74) is 27.0. The van der Waals surface area contributed by atoms with Gasteiger partial charge in [0.2, 0.25) is 0 Å². The van der Waals surface area contributed by atoms with Gasteiger partial charge in [-0.3, -0.25) is 0 Å². The SMILES string of the molecule is CC1(C)c2ccccc2-c2cc(N(c3ccc4c(c3)-c3ccccc3C4(C)C)c3ccc4c(c3)C(C)(C)c3cc(C5(c6ccccc6)c6ccccc6-c6ccccc65)ccc3N4c3ccccc3)ccc21. The van der Waals surface area contributed by atoms with E-state index in [1.54, 1.807) is 0 Å². The fourth-order valence-electron chi connectivity index (χ4n) is 13.8. The molecule has 4 aliphatic rings. The van der Waals surface area contributed by atoms with Gasteiger partial charge >= 0.3 is 0 Å². The summed E-state index contributed by atoms with van der Waals surface area (Å²) in [6.45, 7) is 14.4. The average Bonchev–Trinajstić information content (AvgIpc) is 3.94. The fraction of sp³-hybridized carbons (Fsp3) is 0.143. The second kappa shape index (κ2) is 15.2. The Kier molecular flexibility index (Phi) is 8.98. The van der Waals surface area contributed by atoms with Crippen LogP contribution >= 0.6 is 0 Å². The number of rotatable bonds is 6. The molecule has 0 N–H and O–H groups in total. The topological polar surface area (TPSA) is 6.48 Å².